The lowest BCUT2D eigenvalue weighted by atomic mass is 10.00. The molecule has 2 heterocycles. The Bertz CT molecular complexity index is 248. The first-order chi connectivity index (χ1) is 5.86. The molecule has 1 fully saturated rings. The first kappa shape index (κ1) is 8.27. The van der Waals surface area contributed by atoms with Crippen molar-refractivity contribution in [1.82, 2.24) is 5.32 Å². The molecular weight excluding hydrogens is 166 g/mol. The lowest BCUT2D eigenvalue weighted by molar-refractivity contribution is 0.413. The van der Waals surface area contributed by atoms with Crippen LogP contribution in [0.5, 0.6) is 0 Å². The number of aryl methyl sites for hydroxylation is 1. The molecule has 0 aliphatic carbocycles. The van der Waals surface area contributed by atoms with Gasteiger partial charge in [0.2, 0.25) is 0 Å². The number of nitrogens with one attached hydrogen (secondary N) is 1. The molecule has 1 aromatic heterocycles. The van der Waals surface area contributed by atoms with Gasteiger partial charge >= 0.3 is 0 Å². The minimum Gasteiger partial charge on any atom is -0.310 e. The van der Waals surface area contributed by atoms with Gasteiger partial charge in [0.1, 0.15) is 0 Å². The maximum atomic E-state index is 3.56. The van der Waals surface area contributed by atoms with Crippen molar-refractivity contribution in [2.45, 2.75) is 32.2 Å². The van der Waals surface area contributed by atoms with Crippen LogP contribution in [-0.2, 0) is 0 Å². The Hall–Kier alpha value is -0.340. The van der Waals surface area contributed by atoms with Gasteiger partial charge < -0.3 is 5.32 Å². The number of thiophene rings is 1. The van der Waals surface area contributed by atoms with Crippen LogP contribution in [0.4, 0.5) is 0 Å². The van der Waals surface area contributed by atoms with E-state index in [1.165, 1.54) is 36.2 Å². The van der Waals surface area contributed by atoms with Crippen LogP contribution in [0.3, 0.4) is 0 Å². The lowest BCUT2D eigenvalue weighted by Crippen LogP contribution is -2.26. The summed E-state index contributed by atoms with van der Waals surface area (Å²) in [6, 6.07) is 2.96. The molecule has 1 aliphatic rings. The number of hydrogen-bond acceptors (Lipinski definition) is 2. The fraction of sp³-hybridized carbons (Fsp3) is 0.600. The van der Waals surface area contributed by atoms with Gasteiger partial charge in [0, 0.05) is 10.9 Å². The van der Waals surface area contributed by atoms with E-state index in [2.05, 4.69) is 23.7 Å². The summed E-state index contributed by atoms with van der Waals surface area (Å²) in [5.41, 5.74) is 1.50. The van der Waals surface area contributed by atoms with Crippen LogP contribution >= 0.6 is 11.3 Å². The third-order valence-electron chi connectivity index (χ3n) is 2.46. The van der Waals surface area contributed by atoms with Crippen LogP contribution in [0, 0.1) is 6.92 Å². The van der Waals surface area contributed by atoms with E-state index >= 15 is 0 Å². The highest BCUT2D eigenvalue weighted by Gasteiger charge is 2.14. The normalized spacial score (nSPS) is 24.2. The molecule has 2 rings (SSSR count). The van der Waals surface area contributed by atoms with Crippen molar-refractivity contribution in [1.29, 1.82) is 0 Å². The van der Waals surface area contributed by atoms with Crippen molar-refractivity contribution in [3.63, 3.8) is 0 Å². The predicted molar refractivity (Wildman–Crippen MR) is 53.7 cm³/mol. The van der Waals surface area contributed by atoms with E-state index in [9.17, 15) is 0 Å². The molecule has 1 aromatic rings. The van der Waals surface area contributed by atoms with Crippen molar-refractivity contribution in [2.24, 2.45) is 0 Å². The van der Waals surface area contributed by atoms with Gasteiger partial charge in [0.15, 0.2) is 0 Å². The monoisotopic (exact) mass is 181 g/mol. The van der Waals surface area contributed by atoms with Gasteiger partial charge in [-0.05, 0) is 43.3 Å². The topological polar surface area (TPSA) is 12.0 Å². The summed E-state index contributed by atoms with van der Waals surface area (Å²) in [6.45, 7) is 3.37. The lowest BCUT2D eigenvalue weighted by Gasteiger charge is -2.22. The molecule has 0 bridgehead atoms. The highest BCUT2D eigenvalue weighted by Crippen LogP contribution is 2.26. The summed E-state index contributed by atoms with van der Waals surface area (Å²) < 4.78 is 0. The van der Waals surface area contributed by atoms with E-state index < -0.39 is 0 Å². The zero-order valence-corrected chi connectivity index (χ0v) is 8.29. The number of piperidine rings is 1. The van der Waals surface area contributed by atoms with E-state index in [4.69, 9.17) is 0 Å². The Kier molecular flexibility index (Phi) is 2.47. The highest BCUT2D eigenvalue weighted by atomic mass is 32.1. The maximum absolute atomic E-state index is 3.56. The molecule has 1 atom stereocenters. The average Bonchev–Trinajstić information content (AvgIpc) is 2.54. The molecule has 1 N–H and O–H groups in total. The van der Waals surface area contributed by atoms with Gasteiger partial charge in [-0.15, -0.1) is 11.3 Å². The maximum Gasteiger partial charge on any atom is 0.0328 e. The predicted octanol–water partition coefficient (Wildman–Crippen LogP) is 2.87. The third-order valence-corrected chi connectivity index (χ3v) is 3.34. The van der Waals surface area contributed by atoms with Crippen LogP contribution in [-0.4, -0.2) is 6.54 Å². The van der Waals surface area contributed by atoms with Crippen LogP contribution in [0.25, 0.3) is 0 Å². The van der Waals surface area contributed by atoms with Gasteiger partial charge in [-0.2, -0.15) is 0 Å². The Morgan fingerprint density at radius 1 is 1.50 bits per heavy atom. The summed E-state index contributed by atoms with van der Waals surface area (Å²) in [6.07, 6.45) is 4.04. The van der Waals surface area contributed by atoms with E-state index in [-0.39, 0.29) is 0 Å². The molecule has 66 valence electrons. The first-order valence-corrected chi connectivity index (χ1v) is 5.52. The Labute approximate surface area is 77.8 Å². The van der Waals surface area contributed by atoms with Crippen molar-refractivity contribution >= 4 is 11.3 Å². The quantitative estimate of drug-likeness (QED) is 0.702. The van der Waals surface area contributed by atoms with E-state index in [1.807, 2.05) is 11.3 Å². The van der Waals surface area contributed by atoms with Crippen molar-refractivity contribution in [3.05, 3.63) is 21.9 Å². The third kappa shape index (κ3) is 1.70. The Morgan fingerprint density at radius 2 is 2.42 bits per heavy atom. The number of hydrogen-bond donors (Lipinski definition) is 1. The van der Waals surface area contributed by atoms with E-state index in [0.29, 0.717) is 6.04 Å². The highest BCUT2D eigenvalue weighted by molar-refractivity contribution is 7.10. The van der Waals surface area contributed by atoms with Gasteiger partial charge in [-0.25, -0.2) is 0 Å². The van der Waals surface area contributed by atoms with Gasteiger partial charge in [0.25, 0.3) is 0 Å². The first-order valence-electron chi connectivity index (χ1n) is 4.65. The smallest absolute Gasteiger partial charge is 0.0328 e. The van der Waals surface area contributed by atoms with Crippen LogP contribution in [0.1, 0.15) is 35.7 Å². The molecule has 1 aliphatic heterocycles. The van der Waals surface area contributed by atoms with Crippen LogP contribution in [0.2, 0.25) is 0 Å². The van der Waals surface area contributed by atoms with Gasteiger partial charge in [-0.3, -0.25) is 0 Å². The van der Waals surface area contributed by atoms with Crippen molar-refractivity contribution in [3.8, 4) is 0 Å². The molecule has 0 saturated carbocycles. The SMILES string of the molecule is Cc1cc([C@H]2CCCCN2)cs1. The summed E-state index contributed by atoms with van der Waals surface area (Å²) in [5.74, 6) is 0. The van der Waals surface area contributed by atoms with E-state index in [0.717, 1.165) is 0 Å². The van der Waals surface area contributed by atoms with Crippen LogP contribution in [0.15, 0.2) is 11.4 Å². The Balaban J connectivity index is 2.08. The average molecular weight is 181 g/mol. The largest absolute Gasteiger partial charge is 0.310 e. The summed E-state index contributed by atoms with van der Waals surface area (Å²) in [7, 11) is 0. The van der Waals surface area contributed by atoms with Crippen molar-refractivity contribution < 1.29 is 0 Å². The molecule has 12 heavy (non-hydrogen) atoms. The molecule has 0 spiro atoms. The standard InChI is InChI=1S/C10H15NS/c1-8-6-9(7-12-8)10-4-2-3-5-11-10/h6-7,10-11H,2-5H2,1H3/t10-/m1/s1. The second-order valence-corrected chi connectivity index (χ2v) is 4.61. The summed E-state index contributed by atoms with van der Waals surface area (Å²) in [5, 5.41) is 5.85. The Morgan fingerprint density at radius 3 is 3.00 bits per heavy atom. The molecule has 1 nitrogen and oxygen atoms in total. The molecule has 0 amide bonds. The molecule has 2 heteroatoms. The minimum absolute atomic E-state index is 0.642. The fourth-order valence-electron chi connectivity index (χ4n) is 1.78. The molecule has 0 aromatic carbocycles. The van der Waals surface area contributed by atoms with E-state index in [1.54, 1.807) is 0 Å². The van der Waals surface area contributed by atoms with Gasteiger partial charge in [0.05, 0.1) is 0 Å². The number of rotatable bonds is 1. The van der Waals surface area contributed by atoms with Crippen molar-refractivity contribution in [2.75, 3.05) is 6.54 Å². The zero-order valence-electron chi connectivity index (χ0n) is 7.47. The molecule has 0 unspecified atom stereocenters. The zero-order chi connectivity index (χ0) is 8.39. The second-order valence-electron chi connectivity index (χ2n) is 3.49. The van der Waals surface area contributed by atoms with Gasteiger partial charge in [-0.1, -0.05) is 6.42 Å². The molecular formula is C10H15NS. The van der Waals surface area contributed by atoms with Crippen LogP contribution < -0.4 is 5.32 Å². The molecule has 1 saturated heterocycles. The second kappa shape index (κ2) is 3.58. The molecule has 0 radical (unpaired) electrons. The summed E-state index contributed by atoms with van der Waals surface area (Å²) >= 11 is 1.86. The fourth-order valence-corrected chi connectivity index (χ4v) is 2.54. The summed E-state index contributed by atoms with van der Waals surface area (Å²) in [4.78, 5) is 1.43. The minimum atomic E-state index is 0.642.